The van der Waals surface area contributed by atoms with E-state index in [9.17, 15) is 19.8 Å². The summed E-state index contributed by atoms with van der Waals surface area (Å²) in [5, 5.41) is 26.4. The monoisotopic (exact) mass is 318 g/mol. The zero-order valence-corrected chi connectivity index (χ0v) is 12.6. The average molecular weight is 318 g/mol. The van der Waals surface area contributed by atoms with Gasteiger partial charge in [0.1, 0.15) is 5.75 Å². The quantitative estimate of drug-likeness (QED) is 0.468. The van der Waals surface area contributed by atoms with Crippen molar-refractivity contribution in [3.8, 4) is 5.75 Å². The summed E-state index contributed by atoms with van der Waals surface area (Å²) >= 11 is 0. The first-order valence-corrected chi connectivity index (χ1v) is 7.32. The van der Waals surface area contributed by atoms with Gasteiger partial charge in [-0.3, -0.25) is 9.59 Å². The molecule has 0 saturated heterocycles. The van der Waals surface area contributed by atoms with Gasteiger partial charge >= 0.3 is 0 Å². The number of phenolic OH excluding ortho intramolecular Hbond substituents is 1. The number of phenols is 1. The maximum Gasteiger partial charge on any atom is 0.248 e. The molecule has 0 spiro atoms. The molecule has 0 bridgehead atoms. The second kappa shape index (κ2) is 7.75. The van der Waals surface area contributed by atoms with E-state index in [1.54, 1.807) is 12.1 Å². The third-order valence-electron chi connectivity index (χ3n) is 3.46. The third kappa shape index (κ3) is 4.54. The summed E-state index contributed by atoms with van der Waals surface area (Å²) in [7, 11) is 0. The second-order valence-corrected chi connectivity index (χ2v) is 5.21. The highest BCUT2D eigenvalue weighted by atomic mass is 16.3. The Bertz CT molecular complexity index is 742. The van der Waals surface area contributed by atoms with Crippen molar-refractivity contribution >= 4 is 16.8 Å². The van der Waals surface area contributed by atoms with Crippen molar-refractivity contribution in [3.05, 3.63) is 47.1 Å². The lowest BCUT2D eigenvalue weighted by Crippen LogP contribution is -2.27. The van der Waals surface area contributed by atoms with E-state index in [2.05, 4.69) is 22.5 Å². The lowest BCUT2D eigenvalue weighted by molar-refractivity contribution is -0.116. The second-order valence-electron chi connectivity index (χ2n) is 5.21. The van der Waals surface area contributed by atoms with Gasteiger partial charge in [-0.15, -0.1) is 0 Å². The molecule has 1 aromatic carbocycles. The fourth-order valence-corrected chi connectivity index (χ4v) is 2.34. The fourth-order valence-electron chi connectivity index (χ4n) is 2.34. The van der Waals surface area contributed by atoms with E-state index >= 15 is 0 Å². The minimum Gasteiger partial charge on any atom is -0.506 e. The van der Waals surface area contributed by atoms with Gasteiger partial charge in [0.25, 0.3) is 0 Å². The maximum absolute atomic E-state index is 11.4. The van der Waals surface area contributed by atoms with Crippen LogP contribution in [0.2, 0.25) is 0 Å². The van der Waals surface area contributed by atoms with Crippen LogP contribution in [-0.2, 0) is 4.79 Å². The van der Waals surface area contributed by atoms with E-state index in [1.807, 2.05) is 0 Å². The van der Waals surface area contributed by atoms with Gasteiger partial charge < -0.3 is 25.8 Å². The Hall–Kier alpha value is -2.38. The minimum absolute atomic E-state index is 0.0366. The number of carbonyl (C=O) groups is 1. The van der Waals surface area contributed by atoms with Crippen LogP contribution in [0.1, 0.15) is 18.1 Å². The first-order chi connectivity index (χ1) is 11.0. The summed E-state index contributed by atoms with van der Waals surface area (Å²) in [6.45, 7) is 4.68. The smallest absolute Gasteiger partial charge is 0.248 e. The topological polar surface area (TPSA) is 114 Å². The Labute approximate surface area is 133 Å². The van der Waals surface area contributed by atoms with Gasteiger partial charge in [0.2, 0.25) is 11.5 Å². The van der Waals surface area contributed by atoms with Crippen molar-refractivity contribution in [3.63, 3.8) is 0 Å². The number of pyridine rings is 1. The number of aliphatic hydroxyl groups excluding tert-OH is 1. The van der Waals surface area contributed by atoms with Crippen LogP contribution in [-0.4, -0.2) is 40.7 Å². The normalized spacial score (nSPS) is 12.3. The Balaban J connectivity index is 1.98. The molecular formula is C16H20N3O4. The first-order valence-electron chi connectivity index (χ1n) is 7.32. The summed E-state index contributed by atoms with van der Waals surface area (Å²) in [4.78, 5) is 24.5. The molecule has 0 aliphatic carbocycles. The van der Waals surface area contributed by atoms with E-state index in [0.29, 0.717) is 36.1 Å². The van der Waals surface area contributed by atoms with Gasteiger partial charge in [-0.05, 0) is 30.7 Å². The Kier molecular flexibility index (Phi) is 5.72. The zero-order valence-electron chi connectivity index (χ0n) is 12.6. The first kappa shape index (κ1) is 17.0. The molecule has 123 valence electrons. The van der Waals surface area contributed by atoms with E-state index in [-0.39, 0.29) is 17.2 Å². The largest absolute Gasteiger partial charge is 0.506 e. The predicted octanol–water partition coefficient (Wildman–Crippen LogP) is 0.197. The summed E-state index contributed by atoms with van der Waals surface area (Å²) in [5.41, 5.74) is 0.616. The van der Waals surface area contributed by atoms with Crippen LogP contribution in [0.4, 0.5) is 0 Å². The number of benzene rings is 1. The molecule has 1 radical (unpaired) electrons. The van der Waals surface area contributed by atoms with Crippen molar-refractivity contribution in [2.24, 2.45) is 0 Å². The average Bonchev–Trinajstić information content (AvgIpc) is 2.51. The number of hydrogen-bond donors (Lipinski definition) is 5. The lowest BCUT2D eigenvalue weighted by Gasteiger charge is -2.15. The van der Waals surface area contributed by atoms with E-state index in [4.69, 9.17) is 0 Å². The zero-order chi connectivity index (χ0) is 16.8. The molecule has 0 fully saturated rings. The van der Waals surface area contributed by atoms with Crippen molar-refractivity contribution < 1.29 is 15.0 Å². The standard InChI is InChI=1S/C16H20N3O4/c1-10(20)18-8-2-7-17-9-14(22)11-3-5-13(21)16-12(11)4-6-15(23)19-16/h3-6,14,17,21-22H,1-2,7-9H2,(H,18,20)(H,19,23)/t14-/m1/s1. The lowest BCUT2D eigenvalue weighted by atomic mass is 10.0. The van der Waals surface area contributed by atoms with Crippen molar-refractivity contribution in [1.29, 1.82) is 0 Å². The number of amides is 1. The van der Waals surface area contributed by atoms with Gasteiger partial charge in [-0.2, -0.15) is 0 Å². The molecule has 5 N–H and O–H groups in total. The molecule has 2 rings (SSSR count). The van der Waals surface area contributed by atoms with E-state index in [1.165, 1.54) is 12.1 Å². The molecule has 7 heteroatoms. The van der Waals surface area contributed by atoms with Crippen LogP contribution in [0.15, 0.2) is 29.1 Å². The Morgan fingerprint density at radius 3 is 2.78 bits per heavy atom. The molecule has 0 aliphatic rings. The Morgan fingerprint density at radius 2 is 2.04 bits per heavy atom. The molecule has 1 atom stereocenters. The highest BCUT2D eigenvalue weighted by Crippen LogP contribution is 2.28. The van der Waals surface area contributed by atoms with Crippen LogP contribution >= 0.6 is 0 Å². The van der Waals surface area contributed by atoms with Crippen molar-refractivity contribution in [2.75, 3.05) is 19.6 Å². The van der Waals surface area contributed by atoms with Crippen LogP contribution < -0.4 is 16.2 Å². The molecule has 0 aliphatic heterocycles. The number of nitrogens with one attached hydrogen (secondary N) is 3. The summed E-state index contributed by atoms with van der Waals surface area (Å²) < 4.78 is 0. The third-order valence-corrected chi connectivity index (χ3v) is 3.46. The van der Waals surface area contributed by atoms with Gasteiger partial charge in [0.05, 0.1) is 11.6 Å². The van der Waals surface area contributed by atoms with E-state index in [0.717, 1.165) is 6.42 Å². The number of H-pyrrole nitrogens is 1. The fraction of sp³-hybridized carbons (Fsp3) is 0.312. The number of aliphatic hydroxyl groups is 1. The van der Waals surface area contributed by atoms with Gasteiger partial charge in [-0.1, -0.05) is 6.07 Å². The molecule has 23 heavy (non-hydrogen) atoms. The molecular weight excluding hydrogens is 298 g/mol. The molecule has 0 saturated carbocycles. The number of aromatic amines is 1. The number of aromatic nitrogens is 1. The minimum atomic E-state index is -0.786. The Morgan fingerprint density at radius 1 is 1.26 bits per heavy atom. The molecule has 7 nitrogen and oxygen atoms in total. The summed E-state index contributed by atoms with van der Waals surface area (Å²) in [6.07, 6.45) is -0.0658. The highest BCUT2D eigenvalue weighted by Gasteiger charge is 2.13. The van der Waals surface area contributed by atoms with Gasteiger partial charge in [0, 0.05) is 31.5 Å². The SMILES string of the molecule is [CH2]C(=O)NCCCNC[C@@H](O)c1ccc(O)c2[nH]c(=O)ccc12. The highest BCUT2D eigenvalue weighted by molar-refractivity contribution is 5.87. The number of hydrogen-bond acceptors (Lipinski definition) is 5. The molecule has 1 aromatic heterocycles. The number of rotatable bonds is 7. The maximum atomic E-state index is 11.4. The van der Waals surface area contributed by atoms with E-state index < -0.39 is 6.10 Å². The molecule has 1 heterocycles. The van der Waals surface area contributed by atoms with Crippen LogP contribution in [0.25, 0.3) is 10.9 Å². The molecule has 1 amide bonds. The summed E-state index contributed by atoms with van der Waals surface area (Å²) in [6, 6.07) is 6.01. The van der Waals surface area contributed by atoms with Crippen LogP contribution in [0.5, 0.6) is 5.75 Å². The van der Waals surface area contributed by atoms with Gasteiger partial charge in [0.15, 0.2) is 0 Å². The predicted molar refractivity (Wildman–Crippen MR) is 87.0 cm³/mol. The summed E-state index contributed by atoms with van der Waals surface area (Å²) in [5.74, 6) is -0.347. The molecule has 2 aromatic rings. The van der Waals surface area contributed by atoms with Crippen LogP contribution in [0, 0.1) is 6.92 Å². The number of fused-ring (bicyclic) bond motifs is 1. The van der Waals surface area contributed by atoms with Crippen molar-refractivity contribution in [2.45, 2.75) is 12.5 Å². The van der Waals surface area contributed by atoms with Gasteiger partial charge in [-0.25, -0.2) is 0 Å². The number of carbonyl (C=O) groups excluding carboxylic acids is 1. The molecule has 0 unspecified atom stereocenters. The number of aromatic hydroxyl groups is 1. The van der Waals surface area contributed by atoms with Crippen LogP contribution in [0.3, 0.4) is 0 Å². The van der Waals surface area contributed by atoms with Crippen molar-refractivity contribution in [1.82, 2.24) is 15.6 Å².